The van der Waals surface area contributed by atoms with Crippen LogP contribution >= 0.6 is 12.2 Å². The van der Waals surface area contributed by atoms with Crippen molar-refractivity contribution >= 4 is 29.2 Å². The van der Waals surface area contributed by atoms with Crippen molar-refractivity contribution in [3.8, 4) is 0 Å². The van der Waals surface area contributed by atoms with Crippen LogP contribution < -0.4 is 5.32 Å². The maximum absolute atomic E-state index is 11.3. The molecule has 96 valence electrons. The first-order valence-corrected chi connectivity index (χ1v) is 6.27. The van der Waals surface area contributed by atoms with Crippen LogP contribution in [0, 0.1) is 5.92 Å². The SMILES string of the molecule is CCCC(=O)NC(=S)N1CCC(C(=O)O)CC1. The Hall–Kier alpha value is -1.17. The molecule has 0 saturated carbocycles. The van der Waals surface area contributed by atoms with E-state index < -0.39 is 5.97 Å². The molecule has 6 heteroatoms. The van der Waals surface area contributed by atoms with Gasteiger partial charge in [-0.3, -0.25) is 9.59 Å². The molecule has 1 amide bonds. The highest BCUT2D eigenvalue weighted by Crippen LogP contribution is 2.17. The second kappa shape index (κ2) is 6.54. The largest absolute Gasteiger partial charge is 0.481 e. The van der Waals surface area contributed by atoms with Gasteiger partial charge in [-0.05, 0) is 31.5 Å². The lowest BCUT2D eigenvalue weighted by Crippen LogP contribution is -2.47. The molecule has 0 aromatic heterocycles. The molecule has 2 N–H and O–H groups in total. The van der Waals surface area contributed by atoms with Crippen molar-refractivity contribution < 1.29 is 14.7 Å². The molecular formula is C11H18N2O3S. The Morgan fingerprint density at radius 1 is 1.41 bits per heavy atom. The first-order chi connectivity index (χ1) is 8.04. The number of thiocarbonyl (C=S) groups is 1. The lowest BCUT2D eigenvalue weighted by atomic mass is 9.97. The van der Waals surface area contributed by atoms with Gasteiger partial charge in [0.25, 0.3) is 0 Å². The molecule has 5 nitrogen and oxygen atoms in total. The van der Waals surface area contributed by atoms with Crippen molar-refractivity contribution in [3.05, 3.63) is 0 Å². The summed E-state index contributed by atoms with van der Waals surface area (Å²) in [4.78, 5) is 24.0. The van der Waals surface area contributed by atoms with Crippen LogP contribution in [0.3, 0.4) is 0 Å². The van der Waals surface area contributed by atoms with Gasteiger partial charge < -0.3 is 15.3 Å². The molecule has 1 fully saturated rings. The Kier molecular flexibility index (Phi) is 5.34. The zero-order valence-electron chi connectivity index (χ0n) is 9.94. The lowest BCUT2D eigenvalue weighted by molar-refractivity contribution is -0.143. The smallest absolute Gasteiger partial charge is 0.306 e. The van der Waals surface area contributed by atoms with Gasteiger partial charge in [-0.15, -0.1) is 0 Å². The molecule has 0 unspecified atom stereocenters. The number of rotatable bonds is 3. The first kappa shape index (κ1) is 13.9. The van der Waals surface area contributed by atoms with E-state index in [9.17, 15) is 9.59 Å². The lowest BCUT2D eigenvalue weighted by Gasteiger charge is -2.31. The minimum Gasteiger partial charge on any atom is -0.481 e. The van der Waals surface area contributed by atoms with E-state index in [4.69, 9.17) is 17.3 Å². The topological polar surface area (TPSA) is 69.6 Å². The number of hydrogen-bond donors (Lipinski definition) is 2. The predicted molar refractivity (Wildman–Crippen MR) is 67.6 cm³/mol. The average Bonchev–Trinajstić information content (AvgIpc) is 2.29. The van der Waals surface area contributed by atoms with Crippen LogP contribution in [0.5, 0.6) is 0 Å². The maximum atomic E-state index is 11.3. The summed E-state index contributed by atoms with van der Waals surface area (Å²) >= 11 is 5.12. The summed E-state index contributed by atoms with van der Waals surface area (Å²) in [7, 11) is 0. The van der Waals surface area contributed by atoms with Gasteiger partial charge in [0.05, 0.1) is 5.92 Å². The maximum Gasteiger partial charge on any atom is 0.306 e. The highest BCUT2D eigenvalue weighted by molar-refractivity contribution is 7.80. The number of carbonyl (C=O) groups excluding carboxylic acids is 1. The highest BCUT2D eigenvalue weighted by atomic mass is 32.1. The Morgan fingerprint density at radius 2 is 2.00 bits per heavy atom. The predicted octanol–water partition coefficient (Wildman–Crippen LogP) is 0.984. The minimum absolute atomic E-state index is 0.0714. The zero-order chi connectivity index (χ0) is 12.8. The molecule has 0 bridgehead atoms. The molecule has 1 heterocycles. The van der Waals surface area contributed by atoms with Crippen LogP contribution in [0.2, 0.25) is 0 Å². The highest BCUT2D eigenvalue weighted by Gasteiger charge is 2.25. The number of nitrogens with zero attached hydrogens (tertiary/aromatic N) is 1. The van der Waals surface area contributed by atoms with Gasteiger partial charge in [-0.1, -0.05) is 6.92 Å². The number of amides is 1. The number of aliphatic carboxylic acids is 1. The second-order valence-corrected chi connectivity index (χ2v) is 4.59. The third kappa shape index (κ3) is 4.30. The summed E-state index contributed by atoms with van der Waals surface area (Å²) in [6.07, 6.45) is 2.42. The third-order valence-corrected chi connectivity index (χ3v) is 3.22. The average molecular weight is 258 g/mol. The number of carbonyl (C=O) groups is 2. The fourth-order valence-corrected chi connectivity index (χ4v) is 2.11. The van der Waals surface area contributed by atoms with Crippen LogP contribution in [0.25, 0.3) is 0 Å². The Morgan fingerprint density at radius 3 is 2.47 bits per heavy atom. The second-order valence-electron chi connectivity index (χ2n) is 4.20. The fraction of sp³-hybridized carbons (Fsp3) is 0.727. The summed E-state index contributed by atoms with van der Waals surface area (Å²) in [5.74, 6) is -1.09. The number of likely N-dealkylation sites (tertiary alicyclic amines) is 1. The Labute approximate surface area is 106 Å². The summed E-state index contributed by atoms with van der Waals surface area (Å²) in [6, 6.07) is 0. The van der Waals surface area contributed by atoms with Crippen LogP contribution in [0.15, 0.2) is 0 Å². The molecule has 0 radical (unpaired) electrons. The van der Waals surface area contributed by atoms with Gasteiger partial charge in [0.1, 0.15) is 0 Å². The standard InChI is InChI=1S/C11H18N2O3S/c1-2-3-9(14)12-11(17)13-6-4-8(5-7-13)10(15)16/h8H,2-7H2,1H3,(H,15,16)(H,12,14,17). The number of hydrogen-bond acceptors (Lipinski definition) is 3. The number of nitrogens with one attached hydrogen (secondary N) is 1. The van der Waals surface area contributed by atoms with Gasteiger partial charge in [-0.2, -0.15) is 0 Å². The molecule has 0 aromatic rings. The third-order valence-electron chi connectivity index (χ3n) is 2.85. The first-order valence-electron chi connectivity index (χ1n) is 5.86. The number of piperidine rings is 1. The van der Waals surface area contributed by atoms with E-state index in [0.29, 0.717) is 37.5 Å². The van der Waals surface area contributed by atoms with Gasteiger partial charge in [0.2, 0.25) is 5.91 Å². The normalized spacial score (nSPS) is 16.6. The number of carboxylic acid groups (broad SMARTS) is 1. The van der Waals surface area contributed by atoms with Crippen molar-refractivity contribution in [2.75, 3.05) is 13.1 Å². The molecule has 0 aromatic carbocycles. The van der Waals surface area contributed by atoms with E-state index in [2.05, 4.69) is 5.32 Å². The van der Waals surface area contributed by atoms with Crippen LogP contribution in [-0.2, 0) is 9.59 Å². The van der Waals surface area contributed by atoms with Crippen molar-refractivity contribution in [2.24, 2.45) is 5.92 Å². The fourth-order valence-electron chi connectivity index (χ4n) is 1.82. The molecular weight excluding hydrogens is 240 g/mol. The van der Waals surface area contributed by atoms with Gasteiger partial charge in [0.15, 0.2) is 5.11 Å². The van der Waals surface area contributed by atoms with Crippen molar-refractivity contribution in [1.29, 1.82) is 0 Å². The van der Waals surface area contributed by atoms with E-state index >= 15 is 0 Å². The van der Waals surface area contributed by atoms with Crippen molar-refractivity contribution in [1.82, 2.24) is 10.2 Å². The molecule has 1 saturated heterocycles. The molecule has 17 heavy (non-hydrogen) atoms. The molecule has 0 atom stereocenters. The zero-order valence-corrected chi connectivity index (χ0v) is 10.8. The van der Waals surface area contributed by atoms with Crippen molar-refractivity contribution in [2.45, 2.75) is 32.6 Å². The van der Waals surface area contributed by atoms with Crippen molar-refractivity contribution in [3.63, 3.8) is 0 Å². The van der Waals surface area contributed by atoms with Gasteiger partial charge in [0, 0.05) is 19.5 Å². The number of carboxylic acids is 1. The monoisotopic (exact) mass is 258 g/mol. The molecule has 1 rings (SSSR count). The summed E-state index contributed by atoms with van der Waals surface area (Å²) in [5.41, 5.74) is 0. The van der Waals surface area contributed by atoms with Crippen LogP contribution in [0.4, 0.5) is 0 Å². The quantitative estimate of drug-likeness (QED) is 0.739. The minimum atomic E-state index is -0.745. The summed E-state index contributed by atoms with van der Waals surface area (Å²) in [6.45, 7) is 3.13. The molecule has 0 aliphatic carbocycles. The van der Waals surface area contributed by atoms with Crippen LogP contribution in [0.1, 0.15) is 32.6 Å². The van der Waals surface area contributed by atoms with Gasteiger partial charge in [-0.25, -0.2) is 0 Å². The molecule has 1 aliphatic heterocycles. The molecule has 1 aliphatic rings. The van der Waals surface area contributed by atoms with Crippen LogP contribution in [-0.4, -0.2) is 40.1 Å². The molecule has 0 spiro atoms. The summed E-state index contributed by atoms with van der Waals surface area (Å²) in [5, 5.41) is 11.9. The van der Waals surface area contributed by atoms with E-state index in [-0.39, 0.29) is 11.8 Å². The Bertz CT molecular complexity index is 312. The van der Waals surface area contributed by atoms with E-state index in [1.807, 2.05) is 11.8 Å². The van der Waals surface area contributed by atoms with E-state index in [1.54, 1.807) is 0 Å². The van der Waals surface area contributed by atoms with E-state index in [0.717, 1.165) is 6.42 Å². The Balaban J connectivity index is 2.35. The van der Waals surface area contributed by atoms with Gasteiger partial charge >= 0.3 is 5.97 Å². The summed E-state index contributed by atoms with van der Waals surface area (Å²) < 4.78 is 0. The van der Waals surface area contributed by atoms with E-state index in [1.165, 1.54) is 0 Å².